The average molecular weight is 377 g/mol. The summed E-state index contributed by atoms with van der Waals surface area (Å²) in [7, 11) is 1.71. The second-order valence-corrected chi connectivity index (χ2v) is 6.47. The van der Waals surface area contributed by atoms with Crippen LogP contribution in [0.2, 0.25) is 0 Å². The van der Waals surface area contributed by atoms with E-state index >= 15 is 0 Å². The SMILES string of the molecule is CCc1cc2c(CN(C)Cc3cc(F)c(F)c(F)c3)cc(=O)oc2cc1O. The van der Waals surface area contributed by atoms with E-state index in [-0.39, 0.29) is 30.0 Å². The number of halogens is 3. The molecular weight excluding hydrogens is 359 g/mol. The number of hydrogen-bond acceptors (Lipinski definition) is 4. The normalized spacial score (nSPS) is 11.5. The minimum Gasteiger partial charge on any atom is -0.508 e. The van der Waals surface area contributed by atoms with Crippen LogP contribution in [0.3, 0.4) is 0 Å². The predicted octanol–water partition coefficient (Wildman–Crippen LogP) is 4.11. The van der Waals surface area contributed by atoms with Crippen LogP contribution in [0.25, 0.3) is 11.0 Å². The summed E-state index contributed by atoms with van der Waals surface area (Å²) in [5.41, 5.74) is 1.34. The molecule has 0 aliphatic carbocycles. The number of benzene rings is 2. The zero-order valence-electron chi connectivity index (χ0n) is 14.9. The quantitative estimate of drug-likeness (QED) is 0.537. The first-order chi connectivity index (χ1) is 12.8. The molecule has 0 spiro atoms. The molecule has 27 heavy (non-hydrogen) atoms. The Morgan fingerprint density at radius 2 is 1.67 bits per heavy atom. The topological polar surface area (TPSA) is 53.7 Å². The maximum absolute atomic E-state index is 13.4. The van der Waals surface area contributed by atoms with Crippen LogP contribution in [0.15, 0.2) is 39.5 Å². The largest absolute Gasteiger partial charge is 0.508 e. The number of nitrogens with zero attached hydrogens (tertiary/aromatic N) is 1. The van der Waals surface area contributed by atoms with Gasteiger partial charge in [-0.2, -0.15) is 0 Å². The van der Waals surface area contributed by atoms with E-state index in [4.69, 9.17) is 4.42 Å². The predicted molar refractivity (Wildman–Crippen MR) is 95.0 cm³/mol. The number of rotatable bonds is 5. The Kier molecular flexibility index (Phi) is 5.23. The molecule has 142 valence electrons. The second-order valence-electron chi connectivity index (χ2n) is 6.47. The van der Waals surface area contributed by atoms with Gasteiger partial charge >= 0.3 is 5.63 Å². The van der Waals surface area contributed by atoms with Gasteiger partial charge in [0, 0.05) is 30.6 Å². The summed E-state index contributed by atoms with van der Waals surface area (Å²) in [4.78, 5) is 13.6. The highest BCUT2D eigenvalue weighted by Crippen LogP contribution is 2.27. The molecule has 2 aromatic carbocycles. The van der Waals surface area contributed by atoms with Gasteiger partial charge < -0.3 is 9.52 Å². The molecular formula is C20H18F3NO3. The van der Waals surface area contributed by atoms with Crippen LogP contribution < -0.4 is 5.63 Å². The van der Waals surface area contributed by atoms with E-state index in [0.29, 0.717) is 22.9 Å². The van der Waals surface area contributed by atoms with E-state index in [1.165, 1.54) is 12.1 Å². The molecule has 0 bridgehead atoms. The lowest BCUT2D eigenvalue weighted by atomic mass is 10.0. The summed E-state index contributed by atoms with van der Waals surface area (Å²) in [5, 5.41) is 10.6. The molecule has 0 radical (unpaired) electrons. The number of aryl methyl sites for hydroxylation is 1. The zero-order valence-corrected chi connectivity index (χ0v) is 14.9. The maximum Gasteiger partial charge on any atom is 0.336 e. The lowest BCUT2D eigenvalue weighted by Crippen LogP contribution is -2.19. The van der Waals surface area contributed by atoms with Crippen LogP contribution in [0.5, 0.6) is 5.75 Å². The fourth-order valence-corrected chi connectivity index (χ4v) is 3.08. The Morgan fingerprint density at radius 1 is 1.00 bits per heavy atom. The molecule has 4 nitrogen and oxygen atoms in total. The van der Waals surface area contributed by atoms with Gasteiger partial charge in [0.15, 0.2) is 17.5 Å². The Morgan fingerprint density at radius 3 is 2.30 bits per heavy atom. The van der Waals surface area contributed by atoms with E-state index < -0.39 is 23.1 Å². The molecule has 0 aliphatic rings. The van der Waals surface area contributed by atoms with Gasteiger partial charge in [-0.25, -0.2) is 18.0 Å². The number of hydrogen-bond donors (Lipinski definition) is 1. The Bertz CT molecular complexity index is 1040. The maximum atomic E-state index is 13.4. The van der Waals surface area contributed by atoms with Crippen molar-refractivity contribution in [2.45, 2.75) is 26.4 Å². The van der Waals surface area contributed by atoms with Gasteiger partial charge in [0.1, 0.15) is 11.3 Å². The smallest absolute Gasteiger partial charge is 0.336 e. The molecule has 0 saturated carbocycles. The average Bonchev–Trinajstić information content (AvgIpc) is 2.58. The molecule has 1 aromatic heterocycles. The first-order valence-electron chi connectivity index (χ1n) is 8.39. The van der Waals surface area contributed by atoms with E-state index in [1.54, 1.807) is 18.0 Å². The minimum atomic E-state index is -1.50. The van der Waals surface area contributed by atoms with Crippen molar-refractivity contribution in [1.82, 2.24) is 4.90 Å². The molecule has 0 fully saturated rings. The molecule has 7 heteroatoms. The molecule has 1 N–H and O–H groups in total. The van der Waals surface area contributed by atoms with Crippen molar-refractivity contribution in [2.75, 3.05) is 7.05 Å². The third-order valence-corrected chi connectivity index (χ3v) is 4.35. The Labute approximate surface area is 153 Å². The lowest BCUT2D eigenvalue weighted by molar-refractivity contribution is 0.317. The number of phenolic OH excluding ortho intramolecular Hbond substituents is 1. The monoisotopic (exact) mass is 377 g/mol. The number of fused-ring (bicyclic) bond motifs is 1. The van der Waals surface area contributed by atoms with E-state index in [9.17, 15) is 23.1 Å². The van der Waals surface area contributed by atoms with Crippen LogP contribution >= 0.6 is 0 Å². The van der Waals surface area contributed by atoms with Gasteiger partial charge in [-0.15, -0.1) is 0 Å². The van der Waals surface area contributed by atoms with Gasteiger partial charge in [-0.3, -0.25) is 4.90 Å². The fraction of sp³-hybridized carbons (Fsp3) is 0.250. The van der Waals surface area contributed by atoms with E-state index in [2.05, 4.69) is 0 Å². The summed E-state index contributed by atoms with van der Waals surface area (Å²) in [6.45, 7) is 2.33. The van der Waals surface area contributed by atoms with Gasteiger partial charge in [0.25, 0.3) is 0 Å². The van der Waals surface area contributed by atoms with Crippen molar-refractivity contribution in [1.29, 1.82) is 0 Å². The molecule has 3 rings (SSSR count). The van der Waals surface area contributed by atoms with Crippen LogP contribution in [0.4, 0.5) is 13.2 Å². The Hall–Kier alpha value is -2.80. The lowest BCUT2D eigenvalue weighted by Gasteiger charge is -2.18. The van der Waals surface area contributed by atoms with Crippen LogP contribution in [0, 0.1) is 17.5 Å². The molecule has 1 heterocycles. The van der Waals surface area contributed by atoms with E-state index in [1.807, 2.05) is 6.92 Å². The van der Waals surface area contributed by atoms with Gasteiger partial charge in [0.05, 0.1) is 0 Å². The van der Waals surface area contributed by atoms with Gasteiger partial charge in [0.2, 0.25) is 0 Å². The van der Waals surface area contributed by atoms with Crippen molar-refractivity contribution in [3.63, 3.8) is 0 Å². The number of phenols is 1. The van der Waals surface area contributed by atoms with Crippen LogP contribution in [-0.2, 0) is 19.5 Å². The van der Waals surface area contributed by atoms with Gasteiger partial charge in [-0.05, 0) is 48.4 Å². The number of aromatic hydroxyl groups is 1. The zero-order chi connectivity index (χ0) is 19.7. The first kappa shape index (κ1) is 19.0. The van der Waals surface area contributed by atoms with Crippen molar-refractivity contribution in [3.8, 4) is 5.75 Å². The Balaban J connectivity index is 1.92. The summed E-state index contributed by atoms with van der Waals surface area (Å²) >= 11 is 0. The van der Waals surface area contributed by atoms with Crippen molar-refractivity contribution in [2.24, 2.45) is 0 Å². The van der Waals surface area contributed by atoms with Crippen molar-refractivity contribution < 1.29 is 22.7 Å². The molecule has 0 atom stereocenters. The highest BCUT2D eigenvalue weighted by molar-refractivity contribution is 5.82. The summed E-state index contributed by atoms with van der Waals surface area (Å²) in [6, 6.07) is 6.40. The molecule has 0 amide bonds. The highest BCUT2D eigenvalue weighted by Gasteiger charge is 2.14. The van der Waals surface area contributed by atoms with Crippen LogP contribution in [0.1, 0.15) is 23.6 Å². The van der Waals surface area contributed by atoms with Crippen molar-refractivity contribution >= 4 is 11.0 Å². The standard InChI is InChI=1S/C20H18F3NO3/c1-3-12-6-14-13(7-19(26)27-18(14)8-17(12)25)10-24(2)9-11-4-15(21)20(23)16(22)5-11/h4-8,25H,3,9-10H2,1-2H3. The minimum absolute atomic E-state index is 0.0518. The van der Waals surface area contributed by atoms with Crippen LogP contribution in [-0.4, -0.2) is 17.1 Å². The third-order valence-electron chi connectivity index (χ3n) is 4.35. The third kappa shape index (κ3) is 3.98. The summed E-state index contributed by atoms with van der Waals surface area (Å²) in [6.07, 6.45) is 0.602. The first-order valence-corrected chi connectivity index (χ1v) is 8.39. The summed E-state index contributed by atoms with van der Waals surface area (Å²) < 4.78 is 45.0. The molecule has 3 aromatic rings. The second kappa shape index (κ2) is 7.44. The fourth-order valence-electron chi connectivity index (χ4n) is 3.08. The summed E-state index contributed by atoms with van der Waals surface area (Å²) in [5.74, 6) is -3.93. The molecule has 0 saturated heterocycles. The molecule has 0 aliphatic heterocycles. The van der Waals surface area contributed by atoms with Crippen molar-refractivity contribution in [3.05, 3.63) is 74.9 Å². The van der Waals surface area contributed by atoms with E-state index in [0.717, 1.165) is 12.1 Å². The van der Waals surface area contributed by atoms with Gasteiger partial charge in [-0.1, -0.05) is 6.92 Å². The highest BCUT2D eigenvalue weighted by atomic mass is 19.2. The molecule has 0 unspecified atom stereocenters.